The molecule has 0 saturated heterocycles. The van der Waals surface area contributed by atoms with E-state index in [0.717, 1.165) is 0 Å². The molecule has 1 fully saturated rings. The van der Waals surface area contributed by atoms with Gasteiger partial charge in [0.15, 0.2) is 5.41 Å². The molecule has 4 heteroatoms. The van der Waals surface area contributed by atoms with Crippen LogP contribution in [-0.4, -0.2) is 22.2 Å². The SMILES string of the molecule is C[C@@H]1CC1(C(=O)O)C(=O)O. The van der Waals surface area contributed by atoms with E-state index in [2.05, 4.69) is 0 Å². The first-order chi connectivity index (χ1) is 4.51. The molecule has 2 N–H and O–H groups in total. The Morgan fingerprint density at radius 3 is 1.70 bits per heavy atom. The second kappa shape index (κ2) is 1.71. The van der Waals surface area contributed by atoms with Crippen LogP contribution in [0.2, 0.25) is 0 Å². The summed E-state index contributed by atoms with van der Waals surface area (Å²) in [7, 11) is 0. The van der Waals surface area contributed by atoms with E-state index < -0.39 is 17.4 Å². The zero-order valence-electron chi connectivity index (χ0n) is 5.50. The number of carboxylic acid groups (broad SMARTS) is 2. The van der Waals surface area contributed by atoms with Crippen molar-refractivity contribution >= 4 is 11.9 Å². The third-order valence-electron chi connectivity index (χ3n) is 2.07. The third-order valence-corrected chi connectivity index (χ3v) is 2.07. The van der Waals surface area contributed by atoms with Crippen LogP contribution in [0.15, 0.2) is 0 Å². The Morgan fingerprint density at radius 2 is 1.70 bits per heavy atom. The Bertz CT molecular complexity index is 182. The number of hydrogen-bond acceptors (Lipinski definition) is 2. The highest BCUT2D eigenvalue weighted by Gasteiger charge is 2.64. The average Bonchev–Trinajstić information content (AvgIpc) is 2.42. The van der Waals surface area contributed by atoms with Crippen molar-refractivity contribution in [2.75, 3.05) is 0 Å². The molecule has 0 aromatic rings. The number of carboxylic acids is 2. The Labute approximate surface area is 57.5 Å². The lowest BCUT2D eigenvalue weighted by molar-refractivity contribution is -0.157. The molecule has 0 aromatic heterocycles. The normalized spacial score (nSPS) is 27.5. The molecule has 1 rings (SSSR count). The first kappa shape index (κ1) is 7.05. The summed E-state index contributed by atoms with van der Waals surface area (Å²) in [6, 6.07) is 0. The highest BCUT2D eigenvalue weighted by atomic mass is 16.4. The lowest BCUT2D eigenvalue weighted by Gasteiger charge is -2.01. The van der Waals surface area contributed by atoms with Crippen LogP contribution in [-0.2, 0) is 9.59 Å². The minimum atomic E-state index is -1.46. The Balaban J connectivity index is 2.83. The van der Waals surface area contributed by atoms with E-state index >= 15 is 0 Å². The minimum Gasteiger partial charge on any atom is -0.480 e. The predicted octanol–water partition coefficient (Wildman–Crippen LogP) is 0.182. The number of rotatable bonds is 2. The van der Waals surface area contributed by atoms with Gasteiger partial charge in [-0.2, -0.15) is 0 Å². The summed E-state index contributed by atoms with van der Waals surface area (Å²) >= 11 is 0. The average molecular weight is 144 g/mol. The van der Waals surface area contributed by atoms with Crippen LogP contribution in [0.3, 0.4) is 0 Å². The first-order valence-corrected chi connectivity index (χ1v) is 2.98. The summed E-state index contributed by atoms with van der Waals surface area (Å²) in [5.41, 5.74) is -1.46. The van der Waals surface area contributed by atoms with Crippen molar-refractivity contribution in [2.45, 2.75) is 13.3 Å². The van der Waals surface area contributed by atoms with Crippen molar-refractivity contribution in [3.8, 4) is 0 Å². The van der Waals surface area contributed by atoms with Gasteiger partial charge in [-0.1, -0.05) is 6.92 Å². The van der Waals surface area contributed by atoms with Crippen LogP contribution >= 0.6 is 0 Å². The van der Waals surface area contributed by atoms with E-state index in [1.807, 2.05) is 0 Å². The summed E-state index contributed by atoms with van der Waals surface area (Å²) in [4.78, 5) is 20.7. The summed E-state index contributed by atoms with van der Waals surface area (Å²) < 4.78 is 0. The van der Waals surface area contributed by atoms with Crippen LogP contribution in [0.1, 0.15) is 13.3 Å². The number of hydrogen-bond donors (Lipinski definition) is 2. The maximum atomic E-state index is 10.4. The summed E-state index contributed by atoms with van der Waals surface area (Å²) in [6.45, 7) is 1.63. The second-order valence-corrected chi connectivity index (χ2v) is 2.69. The highest BCUT2D eigenvalue weighted by molar-refractivity contribution is 6.01. The van der Waals surface area contributed by atoms with Gasteiger partial charge in [0.1, 0.15) is 0 Å². The molecule has 0 spiro atoms. The molecule has 1 aliphatic rings. The van der Waals surface area contributed by atoms with Crippen LogP contribution in [0.4, 0.5) is 0 Å². The van der Waals surface area contributed by atoms with Crippen molar-refractivity contribution in [2.24, 2.45) is 11.3 Å². The fraction of sp³-hybridized carbons (Fsp3) is 0.667. The van der Waals surface area contributed by atoms with Gasteiger partial charge >= 0.3 is 11.9 Å². The summed E-state index contributed by atoms with van der Waals surface area (Å²) in [5.74, 6) is -2.65. The van der Waals surface area contributed by atoms with Gasteiger partial charge in [0.25, 0.3) is 0 Å². The lowest BCUT2D eigenvalue weighted by atomic mass is 10.1. The maximum Gasteiger partial charge on any atom is 0.321 e. The van der Waals surface area contributed by atoms with Gasteiger partial charge in [-0.3, -0.25) is 9.59 Å². The van der Waals surface area contributed by atoms with E-state index in [1.54, 1.807) is 6.92 Å². The zero-order valence-corrected chi connectivity index (χ0v) is 5.50. The standard InChI is InChI=1S/C6H8O4/c1-3-2-6(3,4(7)8)5(9)10/h3H,2H2,1H3,(H,7,8)(H,9,10)/t3-/m1/s1. The first-order valence-electron chi connectivity index (χ1n) is 2.98. The summed E-state index contributed by atoms with van der Waals surface area (Å²) in [6.07, 6.45) is 0.262. The topological polar surface area (TPSA) is 74.6 Å². The van der Waals surface area contributed by atoms with E-state index in [0.29, 0.717) is 0 Å². The molecule has 1 aliphatic carbocycles. The van der Waals surface area contributed by atoms with Crippen molar-refractivity contribution < 1.29 is 19.8 Å². The van der Waals surface area contributed by atoms with Crippen molar-refractivity contribution in [3.63, 3.8) is 0 Å². The van der Waals surface area contributed by atoms with Gasteiger partial charge in [-0.15, -0.1) is 0 Å². The fourth-order valence-corrected chi connectivity index (χ4v) is 1.11. The molecule has 0 unspecified atom stereocenters. The highest BCUT2D eigenvalue weighted by Crippen LogP contribution is 2.52. The molecule has 0 amide bonds. The van der Waals surface area contributed by atoms with Crippen molar-refractivity contribution in [1.82, 2.24) is 0 Å². The second-order valence-electron chi connectivity index (χ2n) is 2.69. The molecular formula is C6H8O4. The van der Waals surface area contributed by atoms with E-state index in [-0.39, 0.29) is 12.3 Å². The Hall–Kier alpha value is -1.06. The third kappa shape index (κ3) is 0.616. The van der Waals surface area contributed by atoms with Gasteiger partial charge in [0.05, 0.1) is 0 Å². The van der Waals surface area contributed by atoms with Crippen LogP contribution in [0.5, 0.6) is 0 Å². The quantitative estimate of drug-likeness (QED) is 0.542. The van der Waals surface area contributed by atoms with Crippen molar-refractivity contribution in [3.05, 3.63) is 0 Å². The molecule has 10 heavy (non-hydrogen) atoms. The Kier molecular flexibility index (Phi) is 1.21. The molecule has 0 aromatic carbocycles. The zero-order chi connectivity index (χ0) is 7.94. The number of aliphatic carboxylic acids is 2. The van der Waals surface area contributed by atoms with Gasteiger partial charge in [-0.05, 0) is 12.3 Å². The van der Waals surface area contributed by atoms with Gasteiger partial charge in [-0.25, -0.2) is 0 Å². The largest absolute Gasteiger partial charge is 0.480 e. The van der Waals surface area contributed by atoms with Gasteiger partial charge in [0.2, 0.25) is 0 Å². The molecule has 1 saturated carbocycles. The van der Waals surface area contributed by atoms with E-state index in [4.69, 9.17) is 10.2 Å². The fourth-order valence-electron chi connectivity index (χ4n) is 1.11. The Morgan fingerprint density at radius 1 is 1.40 bits per heavy atom. The van der Waals surface area contributed by atoms with E-state index in [1.165, 1.54) is 0 Å². The minimum absolute atomic E-state index is 0.220. The molecule has 0 radical (unpaired) electrons. The molecule has 1 atom stereocenters. The van der Waals surface area contributed by atoms with E-state index in [9.17, 15) is 9.59 Å². The lowest BCUT2D eigenvalue weighted by Crippen LogP contribution is -2.26. The van der Waals surface area contributed by atoms with Crippen LogP contribution < -0.4 is 0 Å². The van der Waals surface area contributed by atoms with Crippen LogP contribution in [0.25, 0.3) is 0 Å². The molecule has 0 heterocycles. The molecule has 0 aliphatic heterocycles. The number of carbonyl (C=O) groups is 2. The molecular weight excluding hydrogens is 136 g/mol. The van der Waals surface area contributed by atoms with Gasteiger partial charge < -0.3 is 10.2 Å². The molecule has 0 bridgehead atoms. The predicted molar refractivity (Wildman–Crippen MR) is 31.5 cm³/mol. The monoisotopic (exact) mass is 144 g/mol. The molecule has 4 nitrogen and oxygen atoms in total. The van der Waals surface area contributed by atoms with Crippen molar-refractivity contribution in [1.29, 1.82) is 0 Å². The maximum absolute atomic E-state index is 10.4. The molecule has 56 valence electrons. The van der Waals surface area contributed by atoms with Gasteiger partial charge in [0, 0.05) is 0 Å². The van der Waals surface area contributed by atoms with Crippen LogP contribution in [0, 0.1) is 11.3 Å². The summed E-state index contributed by atoms with van der Waals surface area (Å²) in [5, 5.41) is 16.9. The smallest absolute Gasteiger partial charge is 0.321 e.